The molecule has 0 bridgehead atoms. The van der Waals surface area contributed by atoms with Gasteiger partial charge in [0.2, 0.25) is 0 Å². The molecule has 3 aliphatic carbocycles. The van der Waals surface area contributed by atoms with Gasteiger partial charge in [0, 0.05) is 5.92 Å². The van der Waals surface area contributed by atoms with Crippen LogP contribution in [0, 0.1) is 5.92 Å². The summed E-state index contributed by atoms with van der Waals surface area (Å²) in [6, 6.07) is 30.7. The molecule has 1 atom stereocenters. The lowest BCUT2D eigenvalue weighted by Crippen LogP contribution is -2.12. The van der Waals surface area contributed by atoms with Gasteiger partial charge in [0.25, 0.3) is 0 Å². The van der Waals surface area contributed by atoms with Crippen LogP contribution >= 0.6 is 0 Å². The molecule has 0 radical (unpaired) electrons. The Morgan fingerprint density at radius 3 is 2.34 bits per heavy atom. The van der Waals surface area contributed by atoms with E-state index in [-0.39, 0.29) is 0 Å². The fourth-order valence-electron chi connectivity index (χ4n) is 7.00. The average Bonchev–Trinajstić information content (AvgIpc) is 3.04. The molecule has 3 aliphatic rings. The predicted octanol–water partition coefficient (Wildman–Crippen LogP) is 10.9. The largest absolute Gasteiger partial charge is 0.0984 e. The Balaban J connectivity index is 1.58. The van der Waals surface area contributed by atoms with E-state index in [1.165, 1.54) is 72.0 Å². The van der Waals surface area contributed by atoms with Crippen molar-refractivity contribution in [3.8, 4) is 0 Å². The van der Waals surface area contributed by atoms with Gasteiger partial charge in [0.15, 0.2) is 0 Å². The van der Waals surface area contributed by atoms with Gasteiger partial charge in [-0.05, 0) is 98.2 Å². The Kier molecular flexibility index (Phi) is 6.61. The maximum atomic E-state index is 4.25. The van der Waals surface area contributed by atoms with E-state index < -0.39 is 0 Å². The molecule has 198 valence electrons. The van der Waals surface area contributed by atoms with Crippen LogP contribution in [-0.4, -0.2) is 0 Å². The molecule has 0 saturated heterocycles. The summed E-state index contributed by atoms with van der Waals surface area (Å²) >= 11 is 0. The zero-order valence-corrected chi connectivity index (χ0v) is 23.6. The lowest BCUT2D eigenvalue weighted by molar-refractivity contribution is 0.795. The molecule has 41 heavy (non-hydrogen) atoms. The van der Waals surface area contributed by atoms with Gasteiger partial charge in [-0.3, -0.25) is 0 Å². The molecule has 0 heteroatoms. The van der Waals surface area contributed by atoms with Crippen molar-refractivity contribution in [2.75, 3.05) is 0 Å². The molecule has 0 fully saturated rings. The van der Waals surface area contributed by atoms with Crippen LogP contribution in [0.2, 0.25) is 0 Å². The zero-order valence-electron chi connectivity index (χ0n) is 23.6. The summed E-state index contributed by atoms with van der Waals surface area (Å²) in [4.78, 5) is 0. The summed E-state index contributed by atoms with van der Waals surface area (Å²) in [7, 11) is 0. The van der Waals surface area contributed by atoms with Crippen molar-refractivity contribution in [3.63, 3.8) is 0 Å². The highest BCUT2D eigenvalue weighted by Gasteiger charge is 2.28. The van der Waals surface area contributed by atoms with Crippen LogP contribution in [0.3, 0.4) is 0 Å². The van der Waals surface area contributed by atoms with Crippen molar-refractivity contribution in [1.82, 2.24) is 0 Å². The molecular weight excluding hydrogens is 492 g/mol. The lowest BCUT2D eigenvalue weighted by atomic mass is 9.73. The number of hydrogen-bond acceptors (Lipinski definition) is 0. The fourth-order valence-corrected chi connectivity index (χ4v) is 7.00. The summed E-state index contributed by atoms with van der Waals surface area (Å²) in [5.41, 5.74) is 14.8. The predicted molar refractivity (Wildman–Crippen MR) is 178 cm³/mol. The normalized spacial score (nSPS) is 18.1. The molecule has 0 spiro atoms. The van der Waals surface area contributed by atoms with Crippen molar-refractivity contribution in [3.05, 3.63) is 173 Å². The highest BCUT2D eigenvalue weighted by Crippen LogP contribution is 2.48. The standard InChI is InChI=1S/C41H34/c1-3-33(29-16-6-4-7-17-29)28(2)40-34-22-12-14-24-36(34)41(37-25-15-13-23-35(37)40)39-27-32-21-11-10-20-31(32)26-38(39)30-18-8-5-9-19-30/h3-14,16-24,27,31H,1,15,25-26H2,2H3. The van der Waals surface area contributed by atoms with Gasteiger partial charge in [-0.25, -0.2) is 0 Å². The van der Waals surface area contributed by atoms with Gasteiger partial charge >= 0.3 is 0 Å². The van der Waals surface area contributed by atoms with E-state index in [4.69, 9.17) is 0 Å². The molecule has 7 rings (SSSR count). The second-order valence-corrected chi connectivity index (χ2v) is 11.2. The Morgan fingerprint density at radius 1 is 0.829 bits per heavy atom. The minimum Gasteiger partial charge on any atom is -0.0984 e. The minimum atomic E-state index is 0.423. The van der Waals surface area contributed by atoms with Crippen LogP contribution in [-0.2, 0) is 6.42 Å². The van der Waals surface area contributed by atoms with Crippen molar-refractivity contribution in [1.29, 1.82) is 0 Å². The maximum Gasteiger partial charge on any atom is 0.00621 e. The summed E-state index contributed by atoms with van der Waals surface area (Å²) in [5.74, 6) is 0.423. The minimum absolute atomic E-state index is 0.423. The number of rotatable bonds is 5. The van der Waals surface area contributed by atoms with Gasteiger partial charge in [0.1, 0.15) is 0 Å². The molecular formula is C41H34. The van der Waals surface area contributed by atoms with E-state index in [1.807, 2.05) is 6.08 Å². The first-order valence-corrected chi connectivity index (χ1v) is 14.7. The number of fused-ring (bicyclic) bond motifs is 3. The molecule has 4 aromatic carbocycles. The molecule has 0 saturated carbocycles. The summed E-state index contributed by atoms with van der Waals surface area (Å²) in [6.07, 6.45) is 21.4. The van der Waals surface area contributed by atoms with Crippen molar-refractivity contribution >= 4 is 39.1 Å². The van der Waals surface area contributed by atoms with Crippen LogP contribution < -0.4 is 0 Å². The first kappa shape index (κ1) is 25.3. The molecule has 4 aromatic rings. The number of allylic oxidation sites excluding steroid dienone is 12. The van der Waals surface area contributed by atoms with Gasteiger partial charge in [-0.1, -0.05) is 140 Å². The van der Waals surface area contributed by atoms with Gasteiger partial charge in [0.05, 0.1) is 0 Å². The van der Waals surface area contributed by atoms with Crippen LogP contribution in [0.4, 0.5) is 0 Å². The first-order chi connectivity index (χ1) is 20.2. The highest BCUT2D eigenvalue weighted by atomic mass is 14.3. The van der Waals surface area contributed by atoms with Crippen molar-refractivity contribution in [2.24, 2.45) is 5.92 Å². The Bertz CT molecular complexity index is 1850. The highest BCUT2D eigenvalue weighted by molar-refractivity contribution is 6.13. The van der Waals surface area contributed by atoms with Gasteiger partial charge in [-0.15, -0.1) is 0 Å². The third-order valence-electron chi connectivity index (χ3n) is 8.90. The topological polar surface area (TPSA) is 0 Å². The monoisotopic (exact) mass is 526 g/mol. The van der Waals surface area contributed by atoms with E-state index >= 15 is 0 Å². The Hall–Kier alpha value is -4.68. The van der Waals surface area contributed by atoms with E-state index in [1.54, 1.807) is 0 Å². The Morgan fingerprint density at radius 2 is 1.56 bits per heavy atom. The summed E-state index contributed by atoms with van der Waals surface area (Å²) in [5, 5.41) is 2.64. The fraction of sp³-hybridized carbons (Fsp3) is 0.122. The number of benzene rings is 4. The molecule has 1 unspecified atom stereocenters. The van der Waals surface area contributed by atoms with Crippen LogP contribution in [0.15, 0.2) is 140 Å². The third-order valence-corrected chi connectivity index (χ3v) is 8.90. The van der Waals surface area contributed by atoms with Crippen LogP contribution in [0.25, 0.3) is 39.1 Å². The van der Waals surface area contributed by atoms with Crippen molar-refractivity contribution < 1.29 is 0 Å². The first-order valence-electron chi connectivity index (χ1n) is 14.7. The zero-order chi connectivity index (χ0) is 27.8. The van der Waals surface area contributed by atoms with Gasteiger partial charge in [-0.2, -0.15) is 0 Å². The van der Waals surface area contributed by atoms with E-state index in [2.05, 4.69) is 141 Å². The van der Waals surface area contributed by atoms with Crippen molar-refractivity contribution in [2.45, 2.75) is 26.2 Å². The molecule has 0 aromatic heterocycles. The molecule has 0 N–H and O–H groups in total. The second-order valence-electron chi connectivity index (χ2n) is 11.2. The van der Waals surface area contributed by atoms with E-state index in [9.17, 15) is 0 Å². The average molecular weight is 527 g/mol. The quantitative estimate of drug-likeness (QED) is 0.179. The lowest BCUT2D eigenvalue weighted by Gasteiger charge is -2.30. The summed E-state index contributed by atoms with van der Waals surface area (Å²) < 4.78 is 0. The molecule has 0 heterocycles. The molecule has 0 amide bonds. The van der Waals surface area contributed by atoms with E-state index in [0.29, 0.717) is 5.92 Å². The SMILES string of the molecule is C=CC(=C(C)c1c2c(c(C3=C(c4ccccc4)CC4C=CC=CC4=C3)c3ccccc13)CCC=C2)c1ccccc1. The maximum absolute atomic E-state index is 4.25. The smallest absolute Gasteiger partial charge is 0.00621 e. The number of hydrogen-bond donors (Lipinski definition) is 0. The van der Waals surface area contributed by atoms with Crippen LogP contribution in [0.5, 0.6) is 0 Å². The van der Waals surface area contributed by atoms with E-state index in [0.717, 1.165) is 19.3 Å². The van der Waals surface area contributed by atoms with Gasteiger partial charge < -0.3 is 0 Å². The molecule has 0 nitrogen and oxygen atoms in total. The molecule has 0 aliphatic heterocycles. The summed E-state index contributed by atoms with van der Waals surface area (Å²) in [6.45, 7) is 6.52. The Labute approximate surface area is 243 Å². The third kappa shape index (κ3) is 4.41. The second kappa shape index (κ2) is 10.7. The van der Waals surface area contributed by atoms with Crippen LogP contribution in [0.1, 0.15) is 53.1 Å².